The Bertz CT molecular complexity index is 821. The van der Waals surface area contributed by atoms with Crippen molar-refractivity contribution in [3.05, 3.63) is 63.2 Å². The van der Waals surface area contributed by atoms with E-state index in [-0.39, 0.29) is 16.5 Å². The van der Waals surface area contributed by atoms with Crippen LogP contribution in [-0.2, 0) is 0 Å². The number of halogens is 4. The molecule has 4 nitrogen and oxygen atoms in total. The van der Waals surface area contributed by atoms with Gasteiger partial charge in [-0.05, 0) is 18.2 Å². The highest BCUT2D eigenvalue weighted by Crippen LogP contribution is 2.36. The van der Waals surface area contributed by atoms with Crippen LogP contribution in [0.2, 0.25) is 0 Å². The second kappa shape index (κ2) is 6.03. The first-order chi connectivity index (χ1) is 10.3. The predicted molar refractivity (Wildman–Crippen MR) is 68.2 cm³/mol. The van der Waals surface area contributed by atoms with E-state index in [4.69, 9.17) is 5.26 Å². The second-order valence-corrected chi connectivity index (χ2v) is 5.03. The smallest absolute Gasteiger partial charge is 0.258 e. The highest BCUT2D eigenvalue weighted by atomic mass is 32.2. The fourth-order valence-corrected chi connectivity index (χ4v) is 2.45. The van der Waals surface area contributed by atoms with Gasteiger partial charge in [-0.1, -0.05) is 11.8 Å². The van der Waals surface area contributed by atoms with Crippen LogP contribution in [0.5, 0.6) is 0 Å². The van der Waals surface area contributed by atoms with Gasteiger partial charge in [0.2, 0.25) is 5.82 Å². The fraction of sp³-hybridized carbons (Fsp3) is 0. The monoisotopic (exact) mass is 328 g/mol. The largest absolute Gasteiger partial charge is 0.310 e. The molecule has 0 fully saturated rings. The number of rotatable bonds is 3. The van der Waals surface area contributed by atoms with Gasteiger partial charge in [-0.25, -0.2) is 13.2 Å². The van der Waals surface area contributed by atoms with E-state index in [0.29, 0.717) is 11.8 Å². The van der Waals surface area contributed by atoms with E-state index < -0.39 is 38.8 Å². The Morgan fingerprint density at radius 2 is 1.77 bits per heavy atom. The van der Waals surface area contributed by atoms with Crippen molar-refractivity contribution < 1.29 is 22.5 Å². The molecule has 0 aromatic heterocycles. The van der Waals surface area contributed by atoms with Gasteiger partial charge in [0.15, 0.2) is 5.82 Å². The molecule has 0 atom stereocenters. The van der Waals surface area contributed by atoms with Crippen molar-refractivity contribution in [3.8, 4) is 6.07 Å². The van der Waals surface area contributed by atoms with Crippen molar-refractivity contribution in [1.29, 1.82) is 5.26 Å². The quantitative estimate of drug-likeness (QED) is 0.367. The number of nitrogens with zero attached hydrogens (tertiary/aromatic N) is 2. The summed E-state index contributed by atoms with van der Waals surface area (Å²) in [6, 6.07) is 4.89. The number of nitro groups is 1. The molecule has 9 heteroatoms. The summed E-state index contributed by atoms with van der Waals surface area (Å²) in [5.41, 5.74) is -1.68. The van der Waals surface area contributed by atoms with E-state index in [0.717, 1.165) is 18.2 Å². The number of hydrogen-bond acceptors (Lipinski definition) is 4. The molecule has 112 valence electrons. The number of nitriles is 1. The van der Waals surface area contributed by atoms with E-state index >= 15 is 0 Å². The predicted octanol–water partition coefficient (Wildman–Crippen LogP) is 4.17. The topological polar surface area (TPSA) is 66.9 Å². The van der Waals surface area contributed by atoms with Crippen LogP contribution >= 0.6 is 11.8 Å². The van der Waals surface area contributed by atoms with Crippen LogP contribution in [0.25, 0.3) is 0 Å². The van der Waals surface area contributed by atoms with Crippen LogP contribution < -0.4 is 0 Å². The molecule has 2 rings (SSSR count). The number of benzene rings is 2. The minimum atomic E-state index is -1.79. The minimum absolute atomic E-state index is 0.0732. The van der Waals surface area contributed by atoms with Crippen molar-refractivity contribution in [3.63, 3.8) is 0 Å². The average Bonchev–Trinajstić information content (AvgIpc) is 2.48. The van der Waals surface area contributed by atoms with E-state index in [1.54, 1.807) is 6.07 Å². The molecule has 0 saturated carbocycles. The summed E-state index contributed by atoms with van der Waals surface area (Å²) >= 11 is 0.383. The van der Waals surface area contributed by atoms with Gasteiger partial charge in [0.25, 0.3) is 0 Å². The molecule has 0 bridgehead atoms. The minimum Gasteiger partial charge on any atom is -0.258 e. The van der Waals surface area contributed by atoms with Crippen LogP contribution in [0.15, 0.2) is 34.1 Å². The van der Waals surface area contributed by atoms with Gasteiger partial charge in [-0.2, -0.15) is 9.65 Å². The molecule has 0 aliphatic rings. The molecular weight excluding hydrogens is 324 g/mol. The highest BCUT2D eigenvalue weighted by Gasteiger charge is 2.26. The van der Waals surface area contributed by atoms with Crippen LogP contribution in [0, 0.1) is 44.7 Å². The van der Waals surface area contributed by atoms with E-state index in [9.17, 15) is 27.7 Å². The molecule has 0 amide bonds. The van der Waals surface area contributed by atoms with Crippen molar-refractivity contribution in [1.82, 2.24) is 0 Å². The van der Waals surface area contributed by atoms with Gasteiger partial charge >= 0.3 is 5.69 Å². The van der Waals surface area contributed by atoms with Gasteiger partial charge < -0.3 is 0 Å². The third-order valence-electron chi connectivity index (χ3n) is 2.57. The molecule has 2 aromatic rings. The van der Waals surface area contributed by atoms with Crippen molar-refractivity contribution in [2.24, 2.45) is 0 Å². The lowest BCUT2D eigenvalue weighted by Gasteiger charge is -2.06. The lowest BCUT2D eigenvalue weighted by atomic mass is 10.2. The summed E-state index contributed by atoms with van der Waals surface area (Å²) in [6.07, 6.45) is 0. The Hall–Kier alpha value is -2.60. The Balaban J connectivity index is 2.49. The van der Waals surface area contributed by atoms with Crippen molar-refractivity contribution in [2.75, 3.05) is 0 Å². The van der Waals surface area contributed by atoms with E-state index in [2.05, 4.69) is 0 Å². The maximum Gasteiger partial charge on any atom is 0.310 e. The summed E-state index contributed by atoms with van der Waals surface area (Å²) in [6.45, 7) is 0. The molecule has 0 unspecified atom stereocenters. The molecule has 0 N–H and O–H groups in total. The van der Waals surface area contributed by atoms with Crippen LogP contribution in [0.3, 0.4) is 0 Å². The number of hydrogen-bond donors (Lipinski definition) is 0. The molecule has 0 spiro atoms. The van der Waals surface area contributed by atoms with Gasteiger partial charge in [0.05, 0.1) is 21.4 Å². The summed E-state index contributed by atoms with van der Waals surface area (Å²) in [5.74, 6) is -5.67. The van der Waals surface area contributed by atoms with Crippen LogP contribution in [0.4, 0.5) is 23.2 Å². The van der Waals surface area contributed by atoms with Crippen LogP contribution in [-0.4, -0.2) is 4.92 Å². The standard InChI is InChI=1S/C13H4F4N2O2S/c14-8-2-1-7(3-6(8)5-18)22-13-9(15)4-10(19(20)21)11(16)12(13)17/h1-4H. The molecular formula is C13H4F4N2O2S. The van der Waals surface area contributed by atoms with Gasteiger partial charge in [0, 0.05) is 4.90 Å². The normalized spacial score (nSPS) is 10.3. The molecule has 0 radical (unpaired) electrons. The van der Waals surface area contributed by atoms with Crippen LogP contribution in [0.1, 0.15) is 5.56 Å². The lowest BCUT2D eigenvalue weighted by molar-refractivity contribution is -0.388. The Kier molecular flexibility index (Phi) is 4.32. The third kappa shape index (κ3) is 2.87. The molecule has 0 saturated heterocycles. The fourth-order valence-electron chi connectivity index (χ4n) is 1.56. The van der Waals surface area contributed by atoms with Crippen molar-refractivity contribution in [2.45, 2.75) is 9.79 Å². The number of nitro benzene ring substituents is 1. The van der Waals surface area contributed by atoms with E-state index in [1.807, 2.05) is 0 Å². The zero-order valence-electron chi connectivity index (χ0n) is 10.4. The summed E-state index contributed by atoms with van der Waals surface area (Å²) in [7, 11) is 0. The van der Waals surface area contributed by atoms with E-state index in [1.165, 1.54) is 0 Å². The summed E-state index contributed by atoms with van der Waals surface area (Å²) < 4.78 is 54.1. The van der Waals surface area contributed by atoms with Gasteiger partial charge in [-0.15, -0.1) is 0 Å². The molecule has 2 aromatic carbocycles. The van der Waals surface area contributed by atoms with Gasteiger partial charge in [-0.3, -0.25) is 10.1 Å². The lowest BCUT2D eigenvalue weighted by Crippen LogP contribution is -2.00. The molecule has 0 heterocycles. The molecule has 0 aliphatic carbocycles. The first kappa shape index (κ1) is 15.8. The van der Waals surface area contributed by atoms with Gasteiger partial charge in [0.1, 0.15) is 17.7 Å². The maximum absolute atomic E-state index is 13.8. The summed E-state index contributed by atoms with van der Waals surface area (Å²) in [4.78, 5) is 8.47. The Morgan fingerprint density at radius 3 is 2.36 bits per heavy atom. The third-order valence-corrected chi connectivity index (χ3v) is 3.64. The van der Waals surface area contributed by atoms with Crippen molar-refractivity contribution >= 4 is 17.4 Å². The first-order valence-corrected chi connectivity index (χ1v) is 6.36. The Labute approximate surface area is 125 Å². The zero-order chi connectivity index (χ0) is 16.4. The molecule has 0 aliphatic heterocycles. The molecule has 22 heavy (non-hydrogen) atoms. The SMILES string of the molecule is N#Cc1cc(Sc2c(F)cc([N+](=O)[O-])c(F)c2F)ccc1F. The highest BCUT2D eigenvalue weighted by molar-refractivity contribution is 7.99. The summed E-state index contributed by atoms with van der Waals surface area (Å²) in [5, 5.41) is 19.1. The zero-order valence-corrected chi connectivity index (χ0v) is 11.3. The Morgan fingerprint density at radius 1 is 1.09 bits per heavy atom. The maximum atomic E-state index is 13.8. The average molecular weight is 328 g/mol. The first-order valence-electron chi connectivity index (χ1n) is 5.54. The second-order valence-electron chi connectivity index (χ2n) is 3.95.